The highest BCUT2D eigenvalue weighted by Gasteiger charge is 2.17. The van der Waals surface area contributed by atoms with Gasteiger partial charge in [0.2, 0.25) is 11.6 Å². The Morgan fingerprint density at radius 2 is 2.21 bits per heavy atom. The van der Waals surface area contributed by atoms with E-state index in [0.29, 0.717) is 10.4 Å². The molecule has 0 saturated heterocycles. The van der Waals surface area contributed by atoms with Crippen LogP contribution in [0.5, 0.6) is 11.6 Å². The second-order valence-corrected chi connectivity index (χ2v) is 4.66. The molecule has 98 valence electrons. The predicted octanol–water partition coefficient (Wildman–Crippen LogP) is 4.11. The van der Waals surface area contributed by atoms with Crippen LogP contribution in [0.3, 0.4) is 0 Å². The summed E-state index contributed by atoms with van der Waals surface area (Å²) in [5.41, 5.74) is 0.830. The summed E-state index contributed by atoms with van der Waals surface area (Å²) in [7, 11) is 0. The van der Waals surface area contributed by atoms with Gasteiger partial charge in [-0.1, -0.05) is 13.0 Å². The molecule has 6 heteroatoms. The van der Waals surface area contributed by atoms with Crippen molar-refractivity contribution >= 4 is 21.6 Å². The molecule has 0 spiro atoms. The maximum absolute atomic E-state index is 11.1. The van der Waals surface area contributed by atoms with E-state index in [1.54, 1.807) is 30.5 Å². The third-order valence-electron chi connectivity index (χ3n) is 2.56. The Labute approximate surface area is 118 Å². The highest BCUT2D eigenvalue weighted by atomic mass is 79.9. The Balaban J connectivity index is 2.40. The van der Waals surface area contributed by atoms with Crippen molar-refractivity contribution in [3.63, 3.8) is 0 Å². The van der Waals surface area contributed by atoms with E-state index in [0.717, 1.165) is 12.0 Å². The molecule has 1 aromatic heterocycles. The van der Waals surface area contributed by atoms with E-state index in [2.05, 4.69) is 20.9 Å². The van der Waals surface area contributed by atoms with E-state index in [-0.39, 0.29) is 11.4 Å². The SMILES string of the molecule is CCc1ccc(Oc2ncccc2Br)c([N+](=O)[O-])c1. The second-order valence-electron chi connectivity index (χ2n) is 3.81. The number of ether oxygens (including phenoxy) is 1. The summed E-state index contributed by atoms with van der Waals surface area (Å²) >= 11 is 3.29. The summed E-state index contributed by atoms with van der Waals surface area (Å²) in [5, 5.41) is 11.1. The smallest absolute Gasteiger partial charge is 0.311 e. The Bertz CT molecular complexity index is 617. The van der Waals surface area contributed by atoms with Crippen LogP contribution in [0.25, 0.3) is 0 Å². The molecule has 1 heterocycles. The first-order valence-corrected chi connectivity index (χ1v) is 6.46. The number of benzene rings is 1. The van der Waals surface area contributed by atoms with Crippen LogP contribution in [0.1, 0.15) is 12.5 Å². The topological polar surface area (TPSA) is 65.3 Å². The van der Waals surface area contributed by atoms with E-state index in [1.165, 1.54) is 6.07 Å². The fourth-order valence-corrected chi connectivity index (χ4v) is 1.90. The van der Waals surface area contributed by atoms with Gasteiger partial charge in [0.15, 0.2) is 0 Å². The lowest BCUT2D eigenvalue weighted by atomic mass is 10.1. The number of nitrogens with zero attached hydrogens (tertiary/aromatic N) is 2. The lowest BCUT2D eigenvalue weighted by Crippen LogP contribution is -1.96. The van der Waals surface area contributed by atoms with Gasteiger partial charge in [-0.3, -0.25) is 10.1 Å². The number of hydrogen-bond acceptors (Lipinski definition) is 4. The number of aromatic nitrogens is 1. The summed E-state index contributed by atoms with van der Waals surface area (Å²) in [4.78, 5) is 14.6. The van der Waals surface area contributed by atoms with Gasteiger partial charge in [-0.05, 0) is 46.1 Å². The molecule has 0 fully saturated rings. The van der Waals surface area contributed by atoms with Crippen LogP contribution in [-0.4, -0.2) is 9.91 Å². The summed E-state index contributed by atoms with van der Waals surface area (Å²) in [6.07, 6.45) is 2.29. The van der Waals surface area contributed by atoms with Crippen molar-refractivity contribution in [2.75, 3.05) is 0 Å². The second kappa shape index (κ2) is 5.79. The van der Waals surface area contributed by atoms with Crippen LogP contribution < -0.4 is 4.74 Å². The Kier molecular flexibility index (Phi) is 4.11. The van der Waals surface area contributed by atoms with Crippen molar-refractivity contribution in [3.8, 4) is 11.6 Å². The maximum Gasteiger partial charge on any atom is 0.311 e. The van der Waals surface area contributed by atoms with E-state index >= 15 is 0 Å². The monoisotopic (exact) mass is 322 g/mol. The first-order chi connectivity index (χ1) is 9.11. The minimum Gasteiger partial charge on any atom is -0.431 e. The largest absolute Gasteiger partial charge is 0.431 e. The molecule has 0 amide bonds. The van der Waals surface area contributed by atoms with E-state index in [1.807, 2.05) is 6.92 Å². The van der Waals surface area contributed by atoms with Crippen LogP contribution in [-0.2, 0) is 6.42 Å². The Morgan fingerprint density at radius 3 is 2.84 bits per heavy atom. The van der Waals surface area contributed by atoms with Crippen LogP contribution in [0, 0.1) is 10.1 Å². The first kappa shape index (κ1) is 13.5. The summed E-state index contributed by atoms with van der Waals surface area (Å²) in [5.74, 6) is 0.483. The molecule has 1 aromatic carbocycles. The number of halogens is 1. The van der Waals surface area contributed by atoms with E-state index in [9.17, 15) is 10.1 Å². The third kappa shape index (κ3) is 3.08. The molecular weight excluding hydrogens is 312 g/mol. The van der Waals surface area contributed by atoms with Gasteiger partial charge in [0.1, 0.15) is 0 Å². The molecule has 19 heavy (non-hydrogen) atoms. The normalized spacial score (nSPS) is 10.2. The van der Waals surface area contributed by atoms with Crippen LogP contribution in [0.15, 0.2) is 41.0 Å². The van der Waals surface area contributed by atoms with Gasteiger partial charge in [-0.2, -0.15) is 0 Å². The van der Waals surface area contributed by atoms with Gasteiger partial charge in [0, 0.05) is 12.3 Å². The van der Waals surface area contributed by atoms with Gasteiger partial charge >= 0.3 is 5.69 Å². The molecule has 0 atom stereocenters. The van der Waals surface area contributed by atoms with Crippen molar-refractivity contribution < 1.29 is 9.66 Å². The van der Waals surface area contributed by atoms with E-state index < -0.39 is 4.92 Å². The van der Waals surface area contributed by atoms with Gasteiger partial charge in [-0.15, -0.1) is 0 Å². The molecule has 0 aliphatic heterocycles. The molecule has 0 bridgehead atoms. The third-order valence-corrected chi connectivity index (χ3v) is 3.16. The zero-order valence-electron chi connectivity index (χ0n) is 10.2. The van der Waals surface area contributed by atoms with Crippen LogP contribution >= 0.6 is 15.9 Å². The lowest BCUT2D eigenvalue weighted by molar-refractivity contribution is -0.385. The number of nitro groups is 1. The zero-order chi connectivity index (χ0) is 13.8. The quantitative estimate of drug-likeness (QED) is 0.627. The number of pyridine rings is 1. The number of rotatable bonds is 4. The number of hydrogen-bond donors (Lipinski definition) is 0. The van der Waals surface area contributed by atoms with Gasteiger partial charge in [0.05, 0.1) is 9.40 Å². The molecule has 0 aliphatic carbocycles. The average molecular weight is 323 g/mol. The summed E-state index contributed by atoms with van der Waals surface area (Å²) in [6.45, 7) is 1.94. The minimum absolute atomic E-state index is 0.0584. The molecule has 0 saturated carbocycles. The highest BCUT2D eigenvalue weighted by molar-refractivity contribution is 9.10. The fraction of sp³-hybridized carbons (Fsp3) is 0.154. The maximum atomic E-state index is 11.1. The van der Waals surface area contributed by atoms with Crippen LogP contribution in [0.4, 0.5) is 5.69 Å². The number of nitro benzene ring substituents is 1. The van der Waals surface area contributed by atoms with Gasteiger partial charge < -0.3 is 4.74 Å². The zero-order valence-corrected chi connectivity index (χ0v) is 11.8. The predicted molar refractivity (Wildman–Crippen MR) is 74.5 cm³/mol. The summed E-state index contributed by atoms with van der Waals surface area (Å²) < 4.78 is 6.14. The standard InChI is InChI=1S/C13H11BrN2O3/c1-2-9-5-6-12(11(8-9)16(17)18)19-13-10(14)4-3-7-15-13/h3-8H,2H2,1H3. The molecule has 2 aromatic rings. The molecular formula is C13H11BrN2O3. The van der Waals surface area contributed by atoms with Crippen molar-refractivity contribution in [1.29, 1.82) is 0 Å². The lowest BCUT2D eigenvalue weighted by Gasteiger charge is -2.07. The van der Waals surface area contributed by atoms with Crippen molar-refractivity contribution in [2.24, 2.45) is 0 Å². The van der Waals surface area contributed by atoms with Gasteiger partial charge in [-0.25, -0.2) is 4.98 Å². The average Bonchev–Trinajstić information content (AvgIpc) is 2.41. The van der Waals surface area contributed by atoms with Crippen molar-refractivity contribution in [1.82, 2.24) is 4.98 Å². The van der Waals surface area contributed by atoms with Gasteiger partial charge in [0.25, 0.3) is 0 Å². The highest BCUT2D eigenvalue weighted by Crippen LogP contribution is 2.34. The Morgan fingerprint density at radius 1 is 1.42 bits per heavy atom. The van der Waals surface area contributed by atoms with Crippen LogP contribution in [0.2, 0.25) is 0 Å². The van der Waals surface area contributed by atoms with Crippen molar-refractivity contribution in [3.05, 3.63) is 56.7 Å². The van der Waals surface area contributed by atoms with E-state index in [4.69, 9.17) is 4.74 Å². The summed E-state index contributed by atoms with van der Waals surface area (Å²) in [6, 6.07) is 8.42. The minimum atomic E-state index is -0.453. The Hall–Kier alpha value is -1.95. The molecule has 0 N–H and O–H groups in total. The molecule has 2 rings (SSSR count). The molecule has 0 unspecified atom stereocenters. The van der Waals surface area contributed by atoms with Crippen molar-refractivity contribution in [2.45, 2.75) is 13.3 Å². The molecule has 5 nitrogen and oxygen atoms in total. The molecule has 0 aliphatic rings. The molecule has 0 radical (unpaired) electrons. The number of aryl methyl sites for hydroxylation is 1. The fourth-order valence-electron chi connectivity index (χ4n) is 1.56. The first-order valence-electron chi connectivity index (χ1n) is 5.67.